The van der Waals surface area contributed by atoms with Gasteiger partial charge in [-0.3, -0.25) is 9.89 Å². The lowest BCUT2D eigenvalue weighted by Crippen LogP contribution is -2.48. The van der Waals surface area contributed by atoms with Crippen LogP contribution in [0, 0.1) is 6.92 Å². The summed E-state index contributed by atoms with van der Waals surface area (Å²) in [7, 11) is 0. The first-order valence-electron chi connectivity index (χ1n) is 10.8. The number of likely N-dealkylation sites (tertiary alicyclic amines) is 1. The average molecular weight is 429 g/mol. The standard InChI is InChI=1S/C24H33ClN4O/c1-3-26-24(27-16-23(30)19-8-10-21(25)11-9-19)28-22-12-14-29(15-13-22)17-20-7-5-4-6-18(20)2/h4-11,22-23,30H,3,12-17H2,1-2H3,(H2,26,27,28). The minimum absolute atomic E-state index is 0.309. The Morgan fingerprint density at radius 2 is 1.87 bits per heavy atom. The molecular weight excluding hydrogens is 396 g/mol. The van der Waals surface area contributed by atoms with Crippen molar-refractivity contribution in [1.29, 1.82) is 0 Å². The third-order valence-electron chi connectivity index (χ3n) is 5.60. The zero-order valence-electron chi connectivity index (χ0n) is 17.9. The van der Waals surface area contributed by atoms with Crippen LogP contribution < -0.4 is 10.6 Å². The SMILES string of the molecule is CCNC(=NCC(O)c1ccc(Cl)cc1)NC1CCN(Cc2ccccc2C)CC1. The topological polar surface area (TPSA) is 59.9 Å². The molecule has 0 aliphatic carbocycles. The zero-order chi connectivity index (χ0) is 21.3. The van der Waals surface area contributed by atoms with Crippen molar-refractivity contribution >= 4 is 17.6 Å². The number of aliphatic hydroxyl groups is 1. The van der Waals surface area contributed by atoms with E-state index in [2.05, 4.69) is 58.6 Å². The van der Waals surface area contributed by atoms with Gasteiger partial charge in [0.25, 0.3) is 0 Å². The molecule has 3 N–H and O–H groups in total. The fourth-order valence-corrected chi connectivity index (χ4v) is 3.87. The number of hydrogen-bond acceptors (Lipinski definition) is 3. The van der Waals surface area contributed by atoms with Gasteiger partial charge < -0.3 is 15.7 Å². The van der Waals surface area contributed by atoms with Crippen LogP contribution in [0.4, 0.5) is 0 Å². The summed E-state index contributed by atoms with van der Waals surface area (Å²) in [6, 6.07) is 16.3. The maximum Gasteiger partial charge on any atom is 0.191 e. The van der Waals surface area contributed by atoms with Crippen LogP contribution in [0.15, 0.2) is 53.5 Å². The van der Waals surface area contributed by atoms with Crippen molar-refractivity contribution in [1.82, 2.24) is 15.5 Å². The summed E-state index contributed by atoms with van der Waals surface area (Å²) in [6.07, 6.45) is 1.51. The van der Waals surface area contributed by atoms with Gasteiger partial charge in [0.2, 0.25) is 0 Å². The first-order chi connectivity index (χ1) is 14.5. The van der Waals surface area contributed by atoms with Crippen molar-refractivity contribution in [3.63, 3.8) is 0 Å². The highest BCUT2D eigenvalue weighted by atomic mass is 35.5. The molecule has 5 nitrogen and oxygen atoms in total. The number of piperidine rings is 1. The number of nitrogens with zero attached hydrogens (tertiary/aromatic N) is 2. The molecule has 2 aromatic rings. The number of hydrogen-bond donors (Lipinski definition) is 3. The van der Waals surface area contributed by atoms with Gasteiger partial charge >= 0.3 is 0 Å². The minimum Gasteiger partial charge on any atom is -0.386 e. The van der Waals surface area contributed by atoms with Crippen LogP contribution in [0.1, 0.15) is 42.6 Å². The largest absolute Gasteiger partial charge is 0.386 e. The van der Waals surface area contributed by atoms with Gasteiger partial charge in [-0.25, -0.2) is 0 Å². The van der Waals surface area contributed by atoms with Gasteiger partial charge in [-0.15, -0.1) is 0 Å². The van der Waals surface area contributed by atoms with E-state index in [-0.39, 0.29) is 0 Å². The molecule has 1 atom stereocenters. The lowest BCUT2D eigenvalue weighted by Gasteiger charge is -2.33. The molecule has 0 spiro atoms. The minimum atomic E-state index is -0.645. The molecule has 1 aliphatic heterocycles. The molecule has 2 aromatic carbocycles. The molecule has 0 bridgehead atoms. The molecule has 0 saturated carbocycles. The van der Waals surface area contributed by atoms with Crippen molar-refractivity contribution in [3.8, 4) is 0 Å². The van der Waals surface area contributed by atoms with Gasteiger partial charge in [0.05, 0.1) is 12.6 Å². The smallest absolute Gasteiger partial charge is 0.191 e. The summed E-state index contributed by atoms with van der Waals surface area (Å²) in [5, 5.41) is 17.9. The third-order valence-corrected chi connectivity index (χ3v) is 5.86. The predicted molar refractivity (Wildman–Crippen MR) is 125 cm³/mol. The number of nitrogens with one attached hydrogen (secondary N) is 2. The third kappa shape index (κ3) is 6.73. The highest BCUT2D eigenvalue weighted by Crippen LogP contribution is 2.18. The molecule has 1 saturated heterocycles. The molecule has 1 fully saturated rings. The molecule has 30 heavy (non-hydrogen) atoms. The van der Waals surface area contributed by atoms with E-state index in [1.54, 1.807) is 12.1 Å². The van der Waals surface area contributed by atoms with E-state index in [4.69, 9.17) is 11.6 Å². The number of aliphatic imine (C=N–C) groups is 1. The molecule has 1 unspecified atom stereocenters. The van der Waals surface area contributed by atoms with Gasteiger partial charge in [-0.05, 0) is 55.5 Å². The normalized spacial score (nSPS) is 17.0. The van der Waals surface area contributed by atoms with Crippen molar-refractivity contribution < 1.29 is 5.11 Å². The zero-order valence-corrected chi connectivity index (χ0v) is 18.7. The maximum atomic E-state index is 10.4. The number of halogens is 1. The lowest BCUT2D eigenvalue weighted by molar-refractivity contribution is 0.186. The van der Waals surface area contributed by atoms with Gasteiger partial charge in [0.15, 0.2) is 5.96 Å². The Morgan fingerprint density at radius 3 is 2.53 bits per heavy atom. The Hall–Kier alpha value is -2.08. The van der Waals surface area contributed by atoms with Gasteiger partial charge in [-0.1, -0.05) is 48.0 Å². The van der Waals surface area contributed by atoms with Crippen molar-refractivity contribution in [2.24, 2.45) is 4.99 Å². The van der Waals surface area contributed by atoms with Crippen LogP contribution in [0.25, 0.3) is 0 Å². The summed E-state index contributed by atoms with van der Waals surface area (Å²) >= 11 is 5.92. The fourth-order valence-electron chi connectivity index (χ4n) is 3.75. The Labute approximate surface area is 185 Å². The van der Waals surface area contributed by atoms with Crippen LogP contribution >= 0.6 is 11.6 Å². The second kappa shape index (κ2) is 11.3. The molecule has 0 aromatic heterocycles. The first-order valence-corrected chi connectivity index (χ1v) is 11.2. The molecule has 162 valence electrons. The van der Waals surface area contributed by atoms with Crippen LogP contribution in [0.5, 0.6) is 0 Å². The number of guanidine groups is 1. The van der Waals surface area contributed by atoms with E-state index in [0.717, 1.165) is 50.5 Å². The Balaban J connectivity index is 1.50. The van der Waals surface area contributed by atoms with Crippen LogP contribution in [-0.2, 0) is 6.54 Å². The molecular formula is C24H33ClN4O. The van der Waals surface area contributed by atoms with Crippen molar-refractivity contribution in [2.45, 2.75) is 45.4 Å². The predicted octanol–water partition coefficient (Wildman–Crippen LogP) is 3.90. The summed E-state index contributed by atoms with van der Waals surface area (Å²) < 4.78 is 0. The molecule has 1 heterocycles. The Bertz CT molecular complexity index is 816. The quantitative estimate of drug-likeness (QED) is 0.462. The van der Waals surface area contributed by atoms with E-state index in [0.29, 0.717) is 17.6 Å². The van der Waals surface area contributed by atoms with E-state index >= 15 is 0 Å². The monoisotopic (exact) mass is 428 g/mol. The van der Waals surface area contributed by atoms with Gasteiger partial charge in [0, 0.05) is 37.2 Å². The molecule has 0 amide bonds. The van der Waals surface area contributed by atoms with Crippen molar-refractivity contribution in [3.05, 3.63) is 70.2 Å². The Kier molecular flexibility index (Phi) is 8.55. The second-order valence-electron chi connectivity index (χ2n) is 7.91. The van der Waals surface area contributed by atoms with E-state index in [1.165, 1.54) is 11.1 Å². The second-order valence-corrected chi connectivity index (χ2v) is 8.34. The van der Waals surface area contributed by atoms with Crippen LogP contribution in [0.3, 0.4) is 0 Å². The molecule has 1 aliphatic rings. The van der Waals surface area contributed by atoms with Crippen molar-refractivity contribution in [2.75, 3.05) is 26.2 Å². The first kappa shape index (κ1) is 22.6. The highest BCUT2D eigenvalue weighted by molar-refractivity contribution is 6.30. The highest BCUT2D eigenvalue weighted by Gasteiger charge is 2.20. The van der Waals surface area contributed by atoms with Crippen LogP contribution in [-0.4, -0.2) is 48.2 Å². The number of aryl methyl sites for hydroxylation is 1. The fraction of sp³-hybridized carbons (Fsp3) is 0.458. The van der Waals surface area contributed by atoms with E-state index < -0.39 is 6.10 Å². The summed E-state index contributed by atoms with van der Waals surface area (Å²) in [5.74, 6) is 0.767. The van der Waals surface area contributed by atoms with Gasteiger partial charge in [-0.2, -0.15) is 0 Å². The van der Waals surface area contributed by atoms with E-state index in [9.17, 15) is 5.11 Å². The Morgan fingerprint density at radius 1 is 1.17 bits per heavy atom. The molecule has 3 rings (SSSR count). The van der Waals surface area contributed by atoms with Crippen LogP contribution in [0.2, 0.25) is 5.02 Å². The lowest BCUT2D eigenvalue weighted by atomic mass is 10.0. The number of rotatable bonds is 7. The van der Waals surface area contributed by atoms with E-state index in [1.807, 2.05) is 12.1 Å². The molecule has 0 radical (unpaired) electrons. The number of benzene rings is 2. The summed E-state index contributed by atoms with van der Waals surface area (Å²) in [4.78, 5) is 7.13. The average Bonchev–Trinajstić information content (AvgIpc) is 2.75. The summed E-state index contributed by atoms with van der Waals surface area (Å²) in [6.45, 7) is 8.48. The maximum absolute atomic E-state index is 10.4. The van der Waals surface area contributed by atoms with Gasteiger partial charge in [0.1, 0.15) is 0 Å². The number of aliphatic hydroxyl groups excluding tert-OH is 1. The molecule has 6 heteroatoms. The summed E-state index contributed by atoms with van der Waals surface area (Å²) in [5.41, 5.74) is 3.59.